The fraction of sp³-hybridized carbons (Fsp3) is 0.348. The summed E-state index contributed by atoms with van der Waals surface area (Å²) in [4.78, 5) is 14.3. The minimum Gasteiger partial charge on any atom is -0.454 e. The van der Waals surface area contributed by atoms with Crippen LogP contribution in [0.5, 0.6) is 11.5 Å². The summed E-state index contributed by atoms with van der Waals surface area (Å²) in [6.45, 7) is 2.13. The Balaban J connectivity index is 1.62. The average Bonchev–Trinajstić information content (AvgIpc) is 3.24. The monoisotopic (exact) mass is 446 g/mol. The molecule has 168 valence electrons. The van der Waals surface area contributed by atoms with Crippen molar-refractivity contribution in [3.8, 4) is 11.5 Å². The van der Waals surface area contributed by atoms with Crippen LogP contribution >= 0.6 is 0 Å². The van der Waals surface area contributed by atoms with E-state index in [1.54, 1.807) is 0 Å². The highest BCUT2D eigenvalue weighted by atomic mass is 19.4. The Morgan fingerprint density at radius 1 is 1.00 bits per heavy atom. The highest BCUT2D eigenvalue weighted by molar-refractivity contribution is 5.91. The van der Waals surface area contributed by atoms with Gasteiger partial charge in [0.1, 0.15) is 5.58 Å². The van der Waals surface area contributed by atoms with Gasteiger partial charge in [-0.2, -0.15) is 13.2 Å². The van der Waals surface area contributed by atoms with Gasteiger partial charge in [-0.3, -0.25) is 0 Å². The van der Waals surface area contributed by atoms with Gasteiger partial charge < -0.3 is 24.1 Å². The van der Waals surface area contributed by atoms with Gasteiger partial charge in [-0.1, -0.05) is 6.07 Å². The molecule has 1 N–H and O–H groups in total. The summed E-state index contributed by atoms with van der Waals surface area (Å²) in [6, 6.07) is 10.1. The molecule has 5 rings (SSSR count). The number of alkyl halides is 3. The smallest absolute Gasteiger partial charge is 0.416 e. The summed E-state index contributed by atoms with van der Waals surface area (Å²) in [5, 5.41) is 3.57. The molecule has 6 nitrogen and oxygen atoms in total. The number of rotatable bonds is 4. The number of hydrogen-bond donors (Lipinski definition) is 1. The van der Waals surface area contributed by atoms with Gasteiger partial charge in [0.15, 0.2) is 11.5 Å². The quantitative estimate of drug-likeness (QED) is 0.603. The van der Waals surface area contributed by atoms with Crippen molar-refractivity contribution in [2.24, 2.45) is 0 Å². The summed E-state index contributed by atoms with van der Waals surface area (Å²) in [5.41, 5.74) is 0.0866. The molecular formula is C23H21F3N2O4. The Kier molecular flexibility index (Phi) is 5.21. The van der Waals surface area contributed by atoms with Crippen molar-refractivity contribution in [2.75, 3.05) is 24.8 Å². The van der Waals surface area contributed by atoms with Crippen molar-refractivity contribution < 1.29 is 27.1 Å². The zero-order valence-corrected chi connectivity index (χ0v) is 17.1. The van der Waals surface area contributed by atoms with Crippen LogP contribution in [0.4, 0.5) is 18.9 Å². The highest BCUT2D eigenvalue weighted by Crippen LogP contribution is 2.37. The zero-order valence-electron chi connectivity index (χ0n) is 17.1. The Bertz CT molecular complexity index is 1200. The second-order valence-corrected chi connectivity index (χ2v) is 7.96. The number of benzene rings is 2. The molecule has 0 unspecified atom stereocenters. The van der Waals surface area contributed by atoms with Gasteiger partial charge in [-0.05, 0) is 61.8 Å². The first-order valence-corrected chi connectivity index (χ1v) is 10.4. The molecule has 0 bridgehead atoms. The van der Waals surface area contributed by atoms with Crippen molar-refractivity contribution >= 4 is 16.7 Å². The fourth-order valence-corrected chi connectivity index (χ4v) is 4.33. The van der Waals surface area contributed by atoms with Crippen molar-refractivity contribution in [2.45, 2.75) is 31.6 Å². The molecule has 0 saturated carbocycles. The van der Waals surface area contributed by atoms with E-state index < -0.39 is 17.4 Å². The summed E-state index contributed by atoms with van der Waals surface area (Å²) in [6.07, 6.45) is -2.91. The molecule has 0 spiro atoms. The lowest BCUT2D eigenvalue weighted by Crippen LogP contribution is -2.43. The van der Waals surface area contributed by atoms with E-state index >= 15 is 0 Å². The summed E-state index contributed by atoms with van der Waals surface area (Å²) in [5.74, 6) is 1.28. The van der Waals surface area contributed by atoms with E-state index in [1.165, 1.54) is 12.1 Å². The molecule has 2 aromatic carbocycles. The van der Waals surface area contributed by atoms with Gasteiger partial charge in [0.25, 0.3) is 0 Å². The van der Waals surface area contributed by atoms with Crippen molar-refractivity contribution in [1.29, 1.82) is 0 Å². The normalized spacial score (nSPS) is 16.5. The third kappa shape index (κ3) is 4.00. The van der Waals surface area contributed by atoms with Gasteiger partial charge in [-0.25, -0.2) is 4.79 Å². The molecule has 0 atom stereocenters. The van der Waals surface area contributed by atoms with Gasteiger partial charge in [0.2, 0.25) is 6.79 Å². The summed E-state index contributed by atoms with van der Waals surface area (Å²) in [7, 11) is 0. The van der Waals surface area contributed by atoms with Crippen LogP contribution in [0, 0.1) is 0 Å². The predicted molar refractivity (Wildman–Crippen MR) is 112 cm³/mol. The molecule has 3 aromatic rings. The molecule has 1 aromatic heterocycles. The van der Waals surface area contributed by atoms with Crippen LogP contribution in [0.25, 0.3) is 11.0 Å². The number of fused-ring (bicyclic) bond motifs is 2. The Labute approximate surface area is 181 Å². The Morgan fingerprint density at radius 3 is 2.56 bits per heavy atom. The molecular weight excluding hydrogens is 425 g/mol. The largest absolute Gasteiger partial charge is 0.454 e. The molecule has 3 heterocycles. The first-order chi connectivity index (χ1) is 15.4. The maximum atomic E-state index is 13.4. The second kappa shape index (κ2) is 8.05. The molecule has 0 radical (unpaired) electrons. The maximum Gasteiger partial charge on any atom is 0.416 e. The SMILES string of the molecule is O=c1cc(N(Cc2ccc3c(c2)OCO3)C2CCNCC2)c2cc(C(F)(F)F)ccc2o1. The topological polar surface area (TPSA) is 63.9 Å². The van der Waals surface area contributed by atoms with Crippen molar-refractivity contribution in [3.63, 3.8) is 0 Å². The van der Waals surface area contributed by atoms with E-state index in [0.29, 0.717) is 23.7 Å². The van der Waals surface area contributed by atoms with Crippen molar-refractivity contribution in [3.05, 3.63) is 64.0 Å². The van der Waals surface area contributed by atoms with Crippen LogP contribution < -0.4 is 25.3 Å². The Morgan fingerprint density at radius 2 is 1.78 bits per heavy atom. The van der Waals surface area contributed by atoms with Gasteiger partial charge in [0.05, 0.1) is 11.3 Å². The first-order valence-electron chi connectivity index (χ1n) is 10.4. The Hall–Kier alpha value is -3.20. The number of anilines is 1. The van der Waals surface area contributed by atoms with Crippen LogP contribution in [-0.2, 0) is 12.7 Å². The molecule has 2 aliphatic heterocycles. The van der Waals surface area contributed by atoms with Crippen LogP contribution in [-0.4, -0.2) is 25.9 Å². The number of nitrogens with zero attached hydrogens (tertiary/aromatic N) is 1. The molecule has 9 heteroatoms. The van der Waals surface area contributed by atoms with E-state index in [4.69, 9.17) is 13.9 Å². The van der Waals surface area contributed by atoms with Crippen LogP contribution in [0.2, 0.25) is 0 Å². The number of hydrogen-bond acceptors (Lipinski definition) is 6. The maximum absolute atomic E-state index is 13.4. The summed E-state index contributed by atoms with van der Waals surface area (Å²) < 4.78 is 56.3. The van der Waals surface area contributed by atoms with Crippen LogP contribution in [0.15, 0.2) is 51.7 Å². The molecule has 2 aliphatic rings. The molecule has 1 fully saturated rings. The standard InChI is InChI=1S/C23H21F3N2O4/c24-23(25,26)15-2-4-19-17(10-15)18(11-22(29)32-19)28(16-5-7-27-8-6-16)12-14-1-3-20-21(9-14)31-13-30-20/h1-4,9-11,16,27H,5-8,12-13H2. The average molecular weight is 446 g/mol. The van der Waals surface area contributed by atoms with E-state index in [2.05, 4.69) is 5.32 Å². The van der Waals surface area contributed by atoms with Gasteiger partial charge in [0, 0.05) is 24.0 Å². The zero-order chi connectivity index (χ0) is 22.3. The van der Waals surface area contributed by atoms with E-state index in [-0.39, 0.29) is 23.8 Å². The molecule has 0 aliphatic carbocycles. The molecule has 0 amide bonds. The van der Waals surface area contributed by atoms with E-state index in [0.717, 1.165) is 43.6 Å². The number of halogens is 3. The van der Waals surface area contributed by atoms with Crippen LogP contribution in [0.3, 0.4) is 0 Å². The third-order valence-corrected chi connectivity index (χ3v) is 5.90. The number of piperidine rings is 1. The van der Waals surface area contributed by atoms with Crippen molar-refractivity contribution in [1.82, 2.24) is 5.32 Å². The third-order valence-electron chi connectivity index (χ3n) is 5.90. The lowest BCUT2D eigenvalue weighted by Gasteiger charge is -2.37. The highest BCUT2D eigenvalue weighted by Gasteiger charge is 2.32. The first kappa shape index (κ1) is 20.7. The van der Waals surface area contributed by atoms with E-state index in [1.807, 2.05) is 23.1 Å². The predicted octanol–water partition coefficient (Wildman–Crippen LogP) is 4.30. The molecule has 32 heavy (non-hydrogen) atoms. The number of ether oxygens (including phenoxy) is 2. The molecule has 1 saturated heterocycles. The minimum atomic E-state index is -4.50. The lowest BCUT2D eigenvalue weighted by molar-refractivity contribution is -0.137. The van der Waals surface area contributed by atoms with Gasteiger partial charge >= 0.3 is 11.8 Å². The minimum absolute atomic E-state index is 0.0428. The summed E-state index contributed by atoms with van der Waals surface area (Å²) >= 11 is 0. The van der Waals surface area contributed by atoms with Crippen LogP contribution in [0.1, 0.15) is 24.0 Å². The van der Waals surface area contributed by atoms with E-state index in [9.17, 15) is 18.0 Å². The lowest BCUT2D eigenvalue weighted by atomic mass is 10.0. The fourth-order valence-electron chi connectivity index (χ4n) is 4.33. The van der Waals surface area contributed by atoms with Gasteiger partial charge in [-0.15, -0.1) is 0 Å². The number of nitrogens with one attached hydrogen (secondary N) is 1. The second-order valence-electron chi connectivity index (χ2n) is 7.96.